The van der Waals surface area contributed by atoms with Crippen LogP contribution >= 0.6 is 22.6 Å². The van der Waals surface area contributed by atoms with Crippen molar-refractivity contribution in [2.24, 2.45) is 0 Å². The lowest BCUT2D eigenvalue weighted by molar-refractivity contribution is 0.0697. The highest BCUT2D eigenvalue weighted by Gasteiger charge is 2.10. The quantitative estimate of drug-likeness (QED) is 0.682. The number of carbonyl (C=O) groups is 1. The molecule has 0 radical (unpaired) electrons. The maximum absolute atomic E-state index is 10.9. The van der Waals surface area contributed by atoms with E-state index in [1.54, 1.807) is 6.07 Å². The Morgan fingerprint density at radius 2 is 2.00 bits per heavy atom. The Morgan fingerprint density at radius 3 is 2.71 bits per heavy atom. The SMILES string of the molecule is O=C(O)c1ccc2oc(COc3ccc(I)cc3)nc2c1. The predicted octanol–water partition coefficient (Wildman–Crippen LogP) is 3.71. The Kier molecular flexibility index (Phi) is 3.78. The van der Waals surface area contributed by atoms with Gasteiger partial charge in [0.2, 0.25) is 5.89 Å². The van der Waals surface area contributed by atoms with Crippen molar-refractivity contribution in [1.29, 1.82) is 0 Å². The molecule has 0 unspecified atom stereocenters. The number of aromatic carboxylic acids is 1. The molecule has 0 amide bonds. The summed E-state index contributed by atoms with van der Waals surface area (Å²) < 4.78 is 12.2. The third kappa shape index (κ3) is 3.15. The normalized spacial score (nSPS) is 10.7. The lowest BCUT2D eigenvalue weighted by Gasteiger charge is -2.02. The fourth-order valence-electron chi connectivity index (χ4n) is 1.85. The zero-order valence-electron chi connectivity index (χ0n) is 10.7. The van der Waals surface area contributed by atoms with Crippen molar-refractivity contribution in [3.05, 3.63) is 57.5 Å². The van der Waals surface area contributed by atoms with Gasteiger partial charge in [-0.05, 0) is 65.1 Å². The van der Waals surface area contributed by atoms with Gasteiger partial charge in [0, 0.05) is 3.57 Å². The highest BCUT2D eigenvalue weighted by atomic mass is 127. The second kappa shape index (κ2) is 5.72. The molecule has 0 aliphatic heterocycles. The largest absolute Gasteiger partial charge is 0.484 e. The van der Waals surface area contributed by atoms with Crippen LogP contribution in [0.3, 0.4) is 0 Å². The van der Waals surface area contributed by atoms with Gasteiger partial charge in [-0.2, -0.15) is 0 Å². The van der Waals surface area contributed by atoms with Crippen LogP contribution in [0, 0.1) is 3.57 Å². The average Bonchev–Trinajstić information content (AvgIpc) is 2.88. The lowest BCUT2D eigenvalue weighted by atomic mass is 10.2. The Labute approximate surface area is 133 Å². The van der Waals surface area contributed by atoms with Gasteiger partial charge in [-0.25, -0.2) is 9.78 Å². The van der Waals surface area contributed by atoms with Crippen LogP contribution in [0.25, 0.3) is 11.1 Å². The Hall–Kier alpha value is -2.09. The summed E-state index contributed by atoms with van der Waals surface area (Å²) in [7, 11) is 0. The number of nitrogens with zero attached hydrogens (tertiary/aromatic N) is 1. The van der Waals surface area contributed by atoms with Crippen LogP contribution in [0.1, 0.15) is 16.2 Å². The minimum atomic E-state index is -0.989. The number of carboxylic acid groups (broad SMARTS) is 1. The summed E-state index contributed by atoms with van der Waals surface area (Å²) in [4.78, 5) is 15.1. The van der Waals surface area contributed by atoms with Gasteiger partial charge < -0.3 is 14.3 Å². The molecular weight excluding hydrogens is 385 g/mol. The summed E-state index contributed by atoms with van der Waals surface area (Å²) in [6.45, 7) is 0.192. The van der Waals surface area contributed by atoms with Gasteiger partial charge in [0.25, 0.3) is 0 Å². The molecule has 1 N–H and O–H groups in total. The molecule has 106 valence electrons. The zero-order chi connectivity index (χ0) is 14.8. The van der Waals surface area contributed by atoms with Gasteiger partial charge >= 0.3 is 5.97 Å². The van der Waals surface area contributed by atoms with Gasteiger partial charge in [-0.3, -0.25) is 0 Å². The van der Waals surface area contributed by atoms with E-state index in [0.29, 0.717) is 17.0 Å². The van der Waals surface area contributed by atoms with Crippen LogP contribution < -0.4 is 4.74 Å². The fraction of sp³-hybridized carbons (Fsp3) is 0.0667. The number of fused-ring (bicyclic) bond motifs is 1. The van der Waals surface area contributed by atoms with Gasteiger partial charge in [-0.15, -0.1) is 0 Å². The summed E-state index contributed by atoms with van der Waals surface area (Å²) in [5.74, 6) is 0.145. The Bertz CT molecular complexity index is 795. The van der Waals surface area contributed by atoms with Crippen LogP contribution in [0.4, 0.5) is 0 Å². The molecule has 1 heterocycles. The number of ether oxygens (including phenoxy) is 1. The predicted molar refractivity (Wildman–Crippen MR) is 84.5 cm³/mol. The molecule has 0 fully saturated rings. The molecule has 0 bridgehead atoms. The van der Waals surface area contributed by atoms with Crippen molar-refractivity contribution in [2.75, 3.05) is 0 Å². The van der Waals surface area contributed by atoms with Crippen LogP contribution in [-0.2, 0) is 6.61 Å². The van der Waals surface area contributed by atoms with E-state index in [9.17, 15) is 4.79 Å². The third-order valence-corrected chi connectivity index (χ3v) is 3.57. The van der Waals surface area contributed by atoms with E-state index in [1.165, 1.54) is 12.1 Å². The van der Waals surface area contributed by atoms with E-state index in [0.717, 1.165) is 9.32 Å². The van der Waals surface area contributed by atoms with E-state index in [1.807, 2.05) is 24.3 Å². The van der Waals surface area contributed by atoms with Gasteiger partial charge in [0.05, 0.1) is 5.56 Å². The third-order valence-electron chi connectivity index (χ3n) is 2.85. The van der Waals surface area contributed by atoms with Crippen molar-refractivity contribution >= 4 is 39.7 Å². The van der Waals surface area contributed by atoms with Crippen molar-refractivity contribution in [3.63, 3.8) is 0 Å². The van der Waals surface area contributed by atoms with Gasteiger partial charge in [-0.1, -0.05) is 0 Å². The van der Waals surface area contributed by atoms with E-state index in [4.69, 9.17) is 14.3 Å². The number of carboxylic acids is 1. The molecule has 2 aromatic carbocycles. The summed E-state index contributed by atoms with van der Waals surface area (Å²) in [5, 5.41) is 8.94. The van der Waals surface area contributed by atoms with Crippen LogP contribution in [0.15, 0.2) is 46.9 Å². The first-order valence-electron chi connectivity index (χ1n) is 6.13. The zero-order valence-corrected chi connectivity index (χ0v) is 12.9. The monoisotopic (exact) mass is 395 g/mol. The van der Waals surface area contributed by atoms with E-state index in [-0.39, 0.29) is 12.2 Å². The second-order valence-electron chi connectivity index (χ2n) is 4.34. The smallest absolute Gasteiger partial charge is 0.335 e. The second-order valence-corrected chi connectivity index (χ2v) is 5.58. The molecule has 0 saturated carbocycles. The molecule has 3 aromatic rings. The average molecular weight is 395 g/mol. The standard InChI is InChI=1S/C15H10INO4/c16-10-2-4-11(5-3-10)20-8-14-17-12-7-9(15(18)19)1-6-13(12)21-14/h1-7H,8H2,(H,18,19). The molecule has 0 atom stereocenters. The topological polar surface area (TPSA) is 72.6 Å². The molecule has 0 aliphatic carbocycles. The minimum absolute atomic E-state index is 0.181. The van der Waals surface area contributed by atoms with Gasteiger partial charge in [0.1, 0.15) is 11.3 Å². The minimum Gasteiger partial charge on any atom is -0.484 e. The van der Waals surface area contributed by atoms with Crippen molar-refractivity contribution < 1.29 is 19.1 Å². The molecular formula is C15H10INO4. The van der Waals surface area contributed by atoms with Crippen molar-refractivity contribution in [1.82, 2.24) is 4.98 Å². The number of hydrogen-bond donors (Lipinski definition) is 1. The molecule has 0 saturated heterocycles. The number of halogens is 1. The highest BCUT2D eigenvalue weighted by Crippen LogP contribution is 2.19. The Balaban J connectivity index is 1.78. The van der Waals surface area contributed by atoms with Crippen LogP contribution in [0.2, 0.25) is 0 Å². The van der Waals surface area contributed by atoms with E-state index >= 15 is 0 Å². The highest BCUT2D eigenvalue weighted by molar-refractivity contribution is 14.1. The molecule has 21 heavy (non-hydrogen) atoms. The molecule has 1 aromatic heterocycles. The van der Waals surface area contributed by atoms with Crippen molar-refractivity contribution in [2.45, 2.75) is 6.61 Å². The summed E-state index contributed by atoms with van der Waals surface area (Å²) >= 11 is 2.22. The fourth-order valence-corrected chi connectivity index (χ4v) is 2.21. The van der Waals surface area contributed by atoms with E-state index in [2.05, 4.69) is 27.6 Å². The first-order valence-corrected chi connectivity index (χ1v) is 7.21. The number of rotatable bonds is 4. The summed E-state index contributed by atoms with van der Waals surface area (Å²) in [6.07, 6.45) is 0. The van der Waals surface area contributed by atoms with Crippen LogP contribution in [0.5, 0.6) is 5.75 Å². The molecule has 5 nitrogen and oxygen atoms in total. The summed E-state index contributed by atoms with van der Waals surface area (Å²) in [5.41, 5.74) is 1.23. The molecule has 0 aliphatic rings. The first kappa shape index (κ1) is 13.9. The maximum atomic E-state index is 10.9. The van der Waals surface area contributed by atoms with Crippen LogP contribution in [-0.4, -0.2) is 16.1 Å². The number of aromatic nitrogens is 1. The van der Waals surface area contributed by atoms with Crippen molar-refractivity contribution in [3.8, 4) is 5.75 Å². The summed E-state index contributed by atoms with van der Waals surface area (Å²) in [6, 6.07) is 12.2. The molecule has 6 heteroatoms. The number of hydrogen-bond acceptors (Lipinski definition) is 4. The van der Waals surface area contributed by atoms with E-state index < -0.39 is 5.97 Å². The maximum Gasteiger partial charge on any atom is 0.335 e. The number of benzene rings is 2. The molecule has 3 rings (SSSR count). The van der Waals surface area contributed by atoms with Gasteiger partial charge in [0.15, 0.2) is 12.2 Å². The lowest BCUT2D eigenvalue weighted by Crippen LogP contribution is -1.96. The first-order chi connectivity index (χ1) is 10.1. The number of oxazole rings is 1. The molecule has 0 spiro atoms. The Morgan fingerprint density at radius 1 is 1.24 bits per heavy atom.